The number of carbonyl (C=O) groups excluding carboxylic acids is 2. The minimum atomic E-state index is -0.189. The summed E-state index contributed by atoms with van der Waals surface area (Å²) in [7, 11) is 2.08. The van der Waals surface area contributed by atoms with Crippen LogP contribution in [-0.2, 0) is 13.0 Å². The Kier molecular flexibility index (Phi) is 6.54. The van der Waals surface area contributed by atoms with Crippen molar-refractivity contribution in [1.29, 1.82) is 0 Å². The predicted octanol–water partition coefficient (Wildman–Crippen LogP) is 6.68. The minimum absolute atomic E-state index is 0.189. The van der Waals surface area contributed by atoms with Crippen molar-refractivity contribution in [3.63, 3.8) is 0 Å². The van der Waals surface area contributed by atoms with E-state index in [0.717, 1.165) is 81.6 Å². The van der Waals surface area contributed by atoms with Gasteiger partial charge >= 0.3 is 0 Å². The fraction of sp³-hybridized carbons (Fsp3) is 0.200. The summed E-state index contributed by atoms with van der Waals surface area (Å²) in [6, 6.07) is 11.3. The minimum Gasteiger partial charge on any atom is -0.353 e. The number of anilines is 1. The summed E-state index contributed by atoms with van der Waals surface area (Å²) in [4.78, 5) is 40.4. The van der Waals surface area contributed by atoms with Gasteiger partial charge in [-0.05, 0) is 61.9 Å². The largest absolute Gasteiger partial charge is 0.353 e. The van der Waals surface area contributed by atoms with Crippen LogP contribution >= 0.6 is 22.9 Å². The number of amides is 1. The number of benzene rings is 2. The molecule has 9 heteroatoms. The third-order valence-corrected chi connectivity index (χ3v) is 8.71. The van der Waals surface area contributed by atoms with Gasteiger partial charge in [0.15, 0.2) is 5.01 Å². The summed E-state index contributed by atoms with van der Waals surface area (Å²) in [6.07, 6.45) is 5.33. The van der Waals surface area contributed by atoms with Crippen LogP contribution in [0.15, 0.2) is 48.8 Å². The number of hydrogen-bond donors (Lipinski definition) is 2. The van der Waals surface area contributed by atoms with E-state index in [9.17, 15) is 9.59 Å². The van der Waals surface area contributed by atoms with Gasteiger partial charge in [0.05, 0.1) is 16.2 Å². The van der Waals surface area contributed by atoms with Crippen LogP contribution in [0.25, 0.3) is 33.3 Å². The number of pyridine rings is 1. The molecule has 7 nitrogen and oxygen atoms in total. The monoisotopic (exact) mass is 555 g/mol. The van der Waals surface area contributed by atoms with E-state index in [1.807, 2.05) is 49.6 Å². The first-order valence-corrected chi connectivity index (χ1v) is 13.8. The fourth-order valence-corrected chi connectivity index (χ4v) is 6.53. The van der Waals surface area contributed by atoms with Crippen molar-refractivity contribution in [2.75, 3.05) is 18.9 Å². The van der Waals surface area contributed by atoms with Gasteiger partial charge < -0.3 is 15.2 Å². The molecule has 5 aromatic rings. The molecular formula is C30H26ClN5O2S. The number of nitrogens with one attached hydrogen (secondary N) is 2. The molecule has 1 aliphatic rings. The Morgan fingerprint density at radius 3 is 2.77 bits per heavy atom. The van der Waals surface area contributed by atoms with Crippen LogP contribution in [0.2, 0.25) is 5.02 Å². The molecule has 0 fully saturated rings. The van der Waals surface area contributed by atoms with Crippen LogP contribution in [0.1, 0.15) is 41.9 Å². The molecule has 0 atom stereocenters. The standard InChI is InChI=1S/C30H26ClN5O2S/c1-16-21(12-32-13-22(16)26-11-19-9-18(15-37)10-23(31)28(19)33-26)20-5-4-6-24(17(20)2)34-29(38)30-35-25-7-8-36(3)14-27(25)39-30/h4-6,9-13,15,33H,7-8,14H2,1-3H3,(H,34,38). The highest BCUT2D eigenvalue weighted by molar-refractivity contribution is 7.13. The number of likely N-dealkylation sites (N-methyl/N-ethyl adjacent to an activating group) is 1. The molecule has 6 rings (SSSR count). The Bertz CT molecular complexity index is 1770. The van der Waals surface area contributed by atoms with Gasteiger partial charge in [-0.25, -0.2) is 4.98 Å². The number of H-pyrrole nitrogens is 1. The summed E-state index contributed by atoms with van der Waals surface area (Å²) < 4.78 is 0. The van der Waals surface area contributed by atoms with E-state index < -0.39 is 0 Å². The molecule has 4 heterocycles. The number of aldehydes is 1. The molecule has 196 valence electrons. The molecule has 2 N–H and O–H groups in total. The third-order valence-electron chi connectivity index (χ3n) is 7.33. The van der Waals surface area contributed by atoms with E-state index in [2.05, 4.69) is 39.1 Å². The highest BCUT2D eigenvalue weighted by atomic mass is 35.5. The van der Waals surface area contributed by atoms with E-state index in [-0.39, 0.29) is 5.91 Å². The van der Waals surface area contributed by atoms with Crippen molar-refractivity contribution in [2.24, 2.45) is 0 Å². The predicted molar refractivity (Wildman–Crippen MR) is 157 cm³/mol. The van der Waals surface area contributed by atoms with E-state index in [1.165, 1.54) is 16.2 Å². The quantitative estimate of drug-likeness (QED) is 0.236. The topological polar surface area (TPSA) is 91.0 Å². The number of fused-ring (bicyclic) bond motifs is 2. The van der Waals surface area contributed by atoms with Crippen LogP contribution < -0.4 is 5.32 Å². The first-order valence-electron chi connectivity index (χ1n) is 12.6. The molecule has 0 aliphatic carbocycles. The number of aromatic amines is 1. The Balaban J connectivity index is 1.33. The Labute approximate surface area is 234 Å². The number of nitrogens with zero attached hydrogens (tertiary/aromatic N) is 3. The Morgan fingerprint density at radius 2 is 1.95 bits per heavy atom. The molecule has 0 radical (unpaired) electrons. The second-order valence-corrected chi connectivity index (χ2v) is 11.4. The zero-order chi connectivity index (χ0) is 27.3. The summed E-state index contributed by atoms with van der Waals surface area (Å²) in [6.45, 7) is 5.84. The maximum atomic E-state index is 13.2. The SMILES string of the molecule is Cc1c(NC(=O)c2nc3c(s2)CN(C)CC3)cccc1-c1cncc(-c2cc3cc(C=O)cc(Cl)c3[nH]2)c1C. The van der Waals surface area contributed by atoms with Gasteiger partial charge in [0, 0.05) is 70.2 Å². The van der Waals surface area contributed by atoms with Crippen LogP contribution in [0, 0.1) is 13.8 Å². The van der Waals surface area contributed by atoms with Crippen LogP contribution in [-0.4, -0.2) is 45.6 Å². The second-order valence-electron chi connectivity index (χ2n) is 9.94. The number of rotatable bonds is 5. The normalized spacial score (nSPS) is 13.4. The average molecular weight is 556 g/mol. The van der Waals surface area contributed by atoms with Gasteiger partial charge in [-0.15, -0.1) is 11.3 Å². The van der Waals surface area contributed by atoms with Crippen molar-refractivity contribution < 1.29 is 9.59 Å². The smallest absolute Gasteiger partial charge is 0.284 e. The first kappa shape index (κ1) is 25.4. The summed E-state index contributed by atoms with van der Waals surface area (Å²) in [5.74, 6) is -0.189. The Morgan fingerprint density at radius 1 is 1.13 bits per heavy atom. The lowest BCUT2D eigenvalue weighted by atomic mass is 9.94. The van der Waals surface area contributed by atoms with Gasteiger partial charge in [0.2, 0.25) is 0 Å². The number of carbonyl (C=O) groups is 2. The molecule has 0 bridgehead atoms. The van der Waals surface area contributed by atoms with Crippen LogP contribution in [0.3, 0.4) is 0 Å². The highest BCUT2D eigenvalue weighted by Crippen LogP contribution is 2.37. The van der Waals surface area contributed by atoms with Crippen molar-refractivity contribution in [3.8, 4) is 22.4 Å². The van der Waals surface area contributed by atoms with Crippen molar-refractivity contribution in [1.82, 2.24) is 19.9 Å². The van der Waals surface area contributed by atoms with Gasteiger partial charge in [0.1, 0.15) is 6.29 Å². The molecule has 1 amide bonds. The fourth-order valence-electron chi connectivity index (χ4n) is 5.16. The maximum Gasteiger partial charge on any atom is 0.284 e. The molecule has 3 aromatic heterocycles. The lowest BCUT2D eigenvalue weighted by Gasteiger charge is -2.20. The molecule has 0 saturated carbocycles. The van der Waals surface area contributed by atoms with Gasteiger partial charge in [0.25, 0.3) is 5.91 Å². The van der Waals surface area contributed by atoms with Crippen molar-refractivity contribution in [2.45, 2.75) is 26.8 Å². The number of aromatic nitrogens is 3. The average Bonchev–Trinajstić information content (AvgIpc) is 3.54. The summed E-state index contributed by atoms with van der Waals surface area (Å²) in [5.41, 5.74) is 8.81. The van der Waals surface area contributed by atoms with Crippen LogP contribution in [0.4, 0.5) is 5.69 Å². The number of halogens is 1. The van der Waals surface area contributed by atoms with Gasteiger partial charge in [-0.1, -0.05) is 23.7 Å². The highest BCUT2D eigenvalue weighted by Gasteiger charge is 2.22. The lowest BCUT2D eigenvalue weighted by Crippen LogP contribution is -2.25. The molecular weight excluding hydrogens is 530 g/mol. The number of thiazole rings is 1. The summed E-state index contributed by atoms with van der Waals surface area (Å²) in [5, 5.41) is 4.94. The van der Waals surface area contributed by atoms with Gasteiger partial charge in [-0.3, -0.25) is 14.6 Å². The van der Waals surface area contributed by atoms with E-state index in [4.69, 9.17) is 11.6 Å². The zero-order valence-electron chi connectivity index (χ0n) is 21.8. The molecule has 2 aromatic carbocycles. The molecule has 0 unspecified atom stereocenters. The van der Waals surface area contributed by atoms with E-state index >= 15 is 0 Å². The van der Waals surface area contributed by atoms with E-state index in [0.29, 0.717) is 15.6 Å². The molecule has 0 spiro atoms. The molecule has 0 saturated heterocycles. The third kappa shape index (κ3) is 4.65. The zero-order valence-corrected chi connectivity index (χ0v) is 23.3. The number of hydrogen-bond acceptors (Lipinski definition) is 6. The van der Waals surface area contributed by atoms with Crippen molar-refractivity contribution >= 4 is 51.7 Å². The molecule has 1 aliphatic heterocycles. The lowest BCUT2D eigenvalue weighted by molar-refractivity contribution is 0.102. The maximum absolute atomic E-state index is 13.2. The summed E-state index contributed by atoms with van der Waals surface area (Å²) >= 11 is 7.90. The second kappa shape index (κ2) is 10.0. The van der Waals surface area contributed by atoms with Crippen LogP contribution in [0.5, 0.6) is 0 Å². The van der Waals surface area contributed by atoms with Crippen molar-refractivity contribution in [3.05, 3.63) is 86.1 Å². The molecule has 39 heavy (non-hydrogen) atoms. The van der Waals surface area contributed by atoms with Gasteiger partial charge in [-0.2, -0.15) is 0 Å². The first-order chi connectivity index (χ1) is 18.8. The Hall–Kier alpha value is -3.85. The van der Waals surface area contributed by atoms with E-state index in [1.54, 1.807) is 6.07 Å².